The molecule has 8 aromatic rings. The summed E-state index contributed by atoms with van der Waals surface area (Å²) in [6.07, 6.45) is 4.97. The Bertz CT molecular complexity index is 3570. The van der Waals surface area contributed by atoms with Gasteiger partial charge in [0.1, 0.15) is 0 Å². The zero-order chi connectivity index (χ0) is 47.7. The highest BCUT2D eigenvalue weighted by Crippen LogP contribution is 2.69. The van der Waals surface area contributed by atoms with E-state index in [0.29, 0.717) is 0 Å². The summed E-state index contributed by atoms with van der Waals surface area (Å²) < 4.78 is 2.73. The highest BCUT2D eigenvalue weighted by Gasteiger charge is 2.64. The molecule has 5 heterocycles. The van der Waals surface area contributed by atoms with Gasteiger partial charge in [0.25, 0.3) is 6.71 Å². The Balaban J connectivity index is 1.14. The molecule has 4 aliphatic heterocycles. The minimum Gasteiger partial charge on any atom is -0.335 e. The fourth-order valence-corrected chi connectivity index (χ4v) is 16.4. The van der Waals surface area contributed by atoms with E-state index in [-0.39, 0.29) is 38.7 Å². The number of hydrogen-bond donors (Lipinski definition) is 0. The molecule has 0 N–H and O–H groups in total. The molecule has 0 bridgehead atoms. The summed E-state index contributed by atoms with van der Waals surface area (Å²) in [5.41, 5.74) is 22.9. The molecule has 2 atom stereocenters. The maximum Gasteiger partial charge on any atom is 0.259 e. The average Bonchev–Trinajstić information content (AvgIpc) is 3.80. The van der Waals surface area contributed by atoms with Gasteiger partial charge in [0.05, 0.1) is 16.7 Å². The van der Waals surface area contributed by atoms with Gasteiger partial charge in [-0.1, -0.05) is 160 Å². The predicted octanol–water partition coefficient (Wildman–Crippen LogP) is 16.3. The summed E-state index contributed by atoms with van der Waals surface area (Å²) >= 11 is 2.25. The van der Waals surface area contributed by atoms with Crippen molar-refractivity contribution >= 4 is 84.7 Å². The van der Waals surface area contributed by atoms with Gasteiger partial charge in [-0.2, -0.15) is 0 Å². The molecule has 344 valence electrons. The third kappa shape index (κ3) is 5.13. The van der Waals surface area contributed by atoms with Crippen LogP contribution in [0.15, 0.2) is 132 Å². The summed E-state index contributed by atoms with van der Waals surface area (Å²) in [6.45, 7) is 29.8. The maximum absolute atomic E-state index is 2.83. The van der Waals surface area contributed by atoms with Crippen LogP contribution < -0.4 is 20.7 Å². The van der Waals surface area contributed by atoms with Gasteiger partial charge in [0.2, 0.25) is 0 Å². The molecule has 0 radical (unpaired) electrons. The topological polar surface area (TPSA) is 11.4 Å². The van der Waals surface area contributed by atoms with Crippen molar-refractivity contribution in [2.24, 2.45) is 5.41 Å². The van der Waals surface area contributed by atoms with E-state index in [2.05, 4.69) is 231 Å². The van der Waals surface area contributed by atoms with E-state index >= 15 is 0 Å². The van der Waals surface area contributed by atoms with Gasteiger partial charge in [-0.15, -0.1) is 11.8 Å². The Morgan fingerprint density at radius 1 is 0.565 bits per heavy atom. The molecule has 2 aliphatic carbocycles. The molecular formula is C64H64BN3S. The molecule has 0 spiro atoms. The number of rotatable bonds is 2. The highest BCUT2D eigenvalue weighted by atomic mass is 32.2. The van der Waals surface area contributed by atoms with Crippen LogP contribution in [0.3, 0.4) is 0 Å². The first-order valence-corrected chi connectivity index (χ1v) is 26.7. The zero-order valence-corrected chi connectivity index (χ0v) is 43.5. The lowest BCUT2D eigenvalue weighted by Gasteiger charge is -2.51. The first-order chi connectivity index (χ1) is 32.7. The second-order valence-corrected chi connectivity index (χ2v) is 26.8. The quantitative estimate of drug-likeness (QED) is 0.160. The lowest BCUT2D eigenvalue weighted by atomic mass is 9.36. The van der Waals surface area contributed by atoms with Gasteiger partial charge in [0, 0.05) is 60.3 Å². The zero-order valence-electron chi connectivity index (χ0n) is 42.7. The SMILES string of the molecule is CC(C)(C)c1ccc(N2C3=C(SC4(C)CCCCC34C)B3c4cc(C(C)(C)C)cc5c4N(c4cc(-n6c7cccc8c7c7c(cccc76)-c6cccc7cccc-8c67)cc2c43)C(C)(C)C5(C)C)cc1. The molecular weight excluding hydrogens is 854 g/mol. The molecule has 1 fully saturated rings. The number of thioether (sulfide) groups is 1. The Morgan fingerprint density at radius 2 is 1.13 bits per heavy atom. The molecule has 5 heteroatoms. The van der Waals surface area contributed by atoms with Gasteiger partial charge >= 0.3 is 0 Å². The third-order valence-electron chi connectivity index (χ3n) is 19.1. The van der Waals surface area contributed by atoms with E-state index in [1.807, 2.05) is 0 Å². The number of hydrogen-bond acceptors (Lipinski definition) is 3. The monoisotopic (exact) mass is 917 g/mol. The Labute approximate surface area is 414 Å². The van der Waals surface area contributed by atoms with Gasteiger partial charge in [-0.05, 0) is 146 Å². The van der Waals surface area contributed by atoms with E-state index in [4.69, 9.17) is 0 Å². The van der Waals surface area contributed by atoms with Gasteiger partial charge in [-0.25, -0.2) is 0 Å². The molecule has 6 aliphatic rings. The van der Waals surface area contributed by atoms with Crippen molar-refractivity contribution in [3.05, 3.63) is 149 Å². The number of nitrogens with zero attached hydrogens (tertiary/aromatic N) is 3. The normalized spacial score (nSPS) is 22.4. The third-order valence-corrected chi connectivity index (χ3v) is 20.8. The summed E-state index contributed by atoms with van der Waals surface area (Å²) in [7, 11) is 0. The minimum absolute atomic E-state index is 0.00350. The van der Waals surface area contributed by atoms with Gasteiger partial charge < -0.3 is 14.4 Å². The second-order valence-electron chi connectivity index (χ2n) is 25.2. The standard InChI is InChI=1S/C64H64BN3S/c1-59(2,3)38-27-29-40(30-28-38)67-50-35-41(66-48-25-17-23-44-42-21-15-19-37-20-16-22-43(52(37)42)45-24-18-26-49(66)54(45)53(44)48)36-51-55(50)65(58-57(67)63(11)31-13-14-32-64(63,12)69-58)47-34-39(60(4,5)6)33-46-56(47)68(51)62(9,10)61(46,7)8/h15-30,33-36H,13-14,31-32H2,1-12H3. The predicted molar refractivity (Wildman–Crippen MR) is 299 cm³/mol. The summed E-state index contributed by atoms with van der Waals surface area (Å²) in [6, 6.07) is 48.2. The van der Waals surface area contributed by atoms with Crippen molar-refractivity contribution in [2.75, 3.05) is 9.80 Å². The van der Waals surface area contributed by atoms with Crippen LogP contribution in [0, 0.1) is 5.41 Å². The van der Waals surface area contributed by atoms with Gasteiger partial charge in [0.15, 0.2) is 0 Å². The van der Waals surface area contributed by atoms with E-state index < -0.39 is 0 Å². The molecule has 7 aromatic carbocycles. The lowest BCUT2D eigenvalue weighted by Crippen LogP contribution is -2.59. The second kappa shape index (κ2) is 13.2. The summed E-state index contributed by atoms with van der Waals surface area (Å²) in [4.78, 5) is 7.22. The van der Waals surface area contributed by atoms with Crippen molar-refractivity contribution in [2.45, 2.75) is 135 Å². The first kappa shape index (κ1) is 42.3. The molecule has 0 saturated heterocycles. The van der Waals surface area contributed by atoms with Crippen LogP contribution in [0.25, 0.3) is 60.5 Å². The Hall–Kier alpha value is -5.65. The van der Waals surface area contributed by atoms with E-state index in [9.17, 15) is 0 Å². The highest BCUT2D eigenvalue weighted by molar-refractivity contribution is 8.06. The lowest BCUT2D eigenvalue weighted by molar-refractivity contribution is 0.210. The van der Waals surface area contributed by atoms with Crippen molar-refractivity contribution in [1.82, 2.24) is 4.57 Å². The molecule has 1 aromatic heterocycles. The summed E-state index contributed by atoms with van der Waals surface area (Å²) in [5.74, 6) is 0. The number of fused-ring (bicyclic) bond motifs is 7. The van der Waals surface area contributed by atoms with Crippen molar-refractivity contribution < 1.29 is 0 Å². The molecule has 14 rings (SSSR count). The number of aromatic nitrogens is 1. The average molecular weight is 918 g/mol. The fraction of sp³-hybridized carbons (Fsp3) is 0.344. The van der Waals surface area contributed by atoms with E-state index in [0.717, 1.165) is 0 Å². The van der Waals surface area contributed by atoms with Crippen LogP contribution in [0.2, 0.25) is 0 Å². The Morgan fingerprint density at radius 3 is 1.74 bits per heavy atom. The van der Waals surface area contributed by atoms with E-state index in [1.165, 1.54) is 137 Å². The molecule has 69 heavy (non-hydrogen) atoms. The minimum atomic E-state index is -0.231. The number of anilines is 4. The largest absolute Gasteiger partial charge is 0.335 e. The van der Waals surface area contributed by atoms with Crippen LogP contribution in [-0.4, -0.2) is 21.6 Å². The van der Waals surface area contributed by atoms with Crippen LogP contribution >= 0.6 is 11.8 Å². The maximum atomic E-state index is 2.83. The van der Waals surface area contributed by atoms with Crippen molar-refractivity contribution in [3.63, 3.8) is 0 Å². The van der Waals surface area contributed by atoms with Crippen LogP contribution in [-0.2, 0) is 16.2 Å². The van der Waals surface area contributed by atoms with Crippen LogP contribution in [0.1, 0.15) is 125 Å². The Kier molecular flexibility index (Phi) is 8.08. The smallest absolute Gasteiger partial charge is 0.259 e. The summed E-state index contributed by atoms with van der Waals surface area (Å²) in [5, 5.41) is 5.34. The fourth-order valence-electron chi connectivity index (χ4n) is 14.4. The molecule has 1 saturated carbocycles. The first-order valence-electron chi connectivity index (χ1n) is 25.9. The van der Waals surface area contributed by atoms with Crippen molar-refractivity contribution in [1.29, 1.82) is 0 Å². The van der Waals surface area contributed by atoms with Crippen LogP contribution in [0.5, 0.6) is 0 Å². The van der Waals surface area contributed by atoms with Gasteiger partial charge in [-0.3, -0.25) is 0 Å². The number of allylic oxidation sites excluding steroid dienone is 1. The molecule has 0 amide bonds. The molecule has 2 unspecified atom stereocenters. The van der Waals surface area contributed by atoms with Crippen LogP contribution in [0.4, 0.5) is 22.7 Å². The van der Waals surface area contributed by atoms with E-state index in [1.54, 1.807) is 10.5 Å². The van der Waals surface area contributed by atoms with Crippen molar-refractivity contribution in [3.8, 4) is 27.9 Å². The number of benzene rings is 7. The molecule has 3 nitrogen and oxygen atoms in total.